The molecule has 2 atom stereocenters. The maximum Gasteiger partial charge on any atom is 0.408 e. The number of esters is 1. The highest BCUT2D eigenvalue weighted by atomic mass is 16.6. The van der Waals surface area contributed by atoms with Gasteiger partial charge in [0.2, 0.25) is 5.91 Å². The van der Waals surface area contributed by atoms with Crippen LogP contribution < -0.4 is 5.32 Å². The van der Waals surface area contributed by atoms with Gasteiger partial charge in [0.1, 0.15) is 12.2 Å². The lowest BCUT2D eigenvalue weighted by Crippen LogP contribution is -2.51. The van der Waals surface area contributed by atoms with Crippen LogP contribution in [0.25, 0.3) is 0 Å². The molecule has 0 fully saturated rings. The monoisotopic (exact) mass is 462 g/mol. The number of rotatable bonds is 9. The zero-order chi connectivity index (χ0) is 25.4. The van der Waals surface area contributed by atoms with Crippen LogP contribution in [0, 0.1) is 11.3 Å². The molecule has 1 rings (SSSR count). The van der Waals surface area contributed by atoms with Crippen molar-refractivity contribution in [2.75, 3.05) is 14.1 Å². The van der Waals surface area contributed by atoms with Crippen molar-refractivity contribution in [3.8, 4) is 0 Å². The van der Waals surface area contributed by atoms with Crippen LogP contribution in [0.15, 0.2) is 30.3 Å². The van der Waals surface area contributed by atoms with E-state index in [9.17, 15) is 19.2 Å². The largest absolute Gasteiger partial charge is 0.461 e. The van der Waals surface area contributed by atoms with Gasteiger partial charge in [-0.25, -0.2) is 4.79 Å². The molecule has 0 saturated carbocycles. The minimum absolute atomic E-state index is 0.0410. The average molecular weight is 463 g/mol. The van der Waals surface area contributed by atoms with Gasteiger partial charge < -0.3 is 19.7 Å². The van der Waals surface area contributed by atoms with E-state index < -0.39 is 35.0 Å². The van der Waals surface area contributed by atoms with Crippen LogP contribution in [-0.2, 0) is 30.5 Å². The Morgan fingerprint density at radius 3 is 2.00 bits per heavy atom. The third kappa shape index (κ3) is 10.5. The Labute approximate surface area is 197 Å². The second-order valence-electron chi connectivity index (χ2n) is 10.4. The van der Waals surface area contributed by atoms with Crippen LogP contribution in [0.5, 0.6) is 0 Å². The second-order valence-corrected chi connectivity index (χ2v) is 10.4. The lowest BCUT2D eigenvalue weighted by Gasteiger charge is -2.32. The summed E-state index contributed by atoms with van der Waals surface area (Å²) in [6, 6.07) is 8.24. The minimum atomic E-state index is -0.971. The summed E-state index contributed by atoms with van der Waals surface area (Å²) >= 11 is 0. The number of Topliss-reactive ketones (excluding diaryl/α,β-unsaturated/α-hetero) is 1. The highest BCUT2D eigenvalue weighted by Gasteiger charge is 2.37. The summed E-state index contributed by atoms with van der Waals surface area (Å²) in [4.78, 5) is 52.1. The van der Waals surface area contributed by atoms with Crippen LogP contribution in [0.1, 0.15) is 59.9 Å². The van der Waals surface area contributed by atoms with Crippen LogP contribution in [0.3, 0.4) is 0 Å². The number of hydrogen-bond acceptors (Lipinski definition) is 6. The number of ketones is 1. The number of nitrogens with one attached hydrogen (secondary N) is 1. The van der Waals surface area contributed by atoms with Gasteiger partial charge in [-0.2, -0.15) is 0 Å². The molecule has 0 bridgehead atoms. The summed E-state index contributed by atoms with van der Waals surface area (Å²) in [5.41, 5.74) is -0.566. The molecule has 1 aromatic rings. The maximum absolute atomic E-state index is 13.2. The van der Waals surface area contributed by atoms with Crippen molar-refractivity contribution < 1.29 is 28.7 Å². The van der Waals surface area contributed by atoms with Gasteiger partial charge in [-0.15, -0.1) is 0 Å². The SMILES string of the molecule is CN(C)C(=O)CC(CC(=O)C(NC(=O)OC(C)(C)C)C(C)(C)C)C(=O)OCc1ccccc1. The average Bonchev–Trinajstić information content (AvgIpc) is 2.68. The molecule has 2 amide bonds. The number of hydrogen-bond donors (Lipinski definition) is 1. The molecule has 1 N–H and O–H groups in total. The van der Waals surface area contributed by atoms with Crippen LogP contribution in [0.2, 0.25) is 0 Å². The van der Waals surface area contributed by atoms with E-state index in [2.05, 4.69) is 5.32 Å². The summed E-state index contributed by atoms with van der Waals surface area (Å²) in [6.45, 7) is 10.6. The highest BCUT2D eigenvalue weighted by Crippen LogP contribution is 2.25. The zero-order valence-corrected chi connectivity index (χ0v) is 21.1. The van der Waals surface area contributed by atoms with E-state index in [1.807, 2.05) is 30.3 Å². The van der Waals surface area contributed by atoms with Crippen molar-refractivity contribution in [3.05, 3.63) is 35.9 Å². The summed E-state index contributed by atoms with van der Waals surface area (Å²) in [5, 5.41) is 2.63. The maximum atomic E-state index is 13.2. The van der Waals surface area contributed by atoms with Crippen molar-refractivity contribution in [2.45, 2.75) is 72.6 Å². The molecule has 0 spiro atoms. The molecule has 8 heteroatoms. The molecule has 8 nitrogen and oxygen atoms in total. The molecule has 0 aliphatic rings. The Kier molecular flexibility index (Phi) is 10.1. The van der Waals surface area contributed by atoms with Crippen molar-refractivity contribution in [1.29, 1.82) is 0 Å². The van der Waals surface area contributed by atoms with E-state index in [1.54, 1.807) is 55.6 Å². The molecule has 0 aliphatic carbocycles. The Morgan fingerprint density at radius 1 is 0.939 bits per heavy atom. The van der Waals surface area contributed by atoms with E-state index in [0.717, 1.165) is 5.56 Å². The number of nitrogens with zero attached hydrogens (tertiary/aromatic N) is 1. The van der Waals surface area contributed by atoms with Gasteiger partial charge in [-0.3, -0.25) is 14.4 Å². The molecule has 184 valence electrons. The lowest BCUT2D eigenvalue weighted by atomic mass is 9.81. The van der Waals surface area contributed by atoms with E-state index in [1.165, 1.54) is 4.90 Å². The summed E-state index contributed by atoms with van der Waals surface area (Å²) in [7, 11) is 3.16. The molecule has 0 heterocycles. The normalized spacial score (nSPS) is 13.5. The van der Waals surface area contributed by atoms with E-state index in [4.69, 9.17) is 9.47 Å². The van der Waals surface area contributed by atoms with Gasteiger partial charge in [-0.1, -0.05) is 51.1 Å². The number of carbonyl (C=O) groups is 4. The van der Waals surface area contributed by atoms with Gasteiger partial charge in [0, 0.05) is 26.9 Å². The molecule has 0 saturated heterocycles. The first kappa shape index (κ1) is 28.1. The van der Waals surface area contributed by atoms with E-state index in [0.29, 0.717) is 0 Å². The molecule has 0 aromatic heterocycles. The first-order valence-corrected chi connectivity index (χ1v) is 11.0. The zero-order valence-electron chi connectivity index (χ0n) is 21.1. The van der Waals surface area contributed by atoms with Crippen molar-refractivity contribution in [1.82, 2.24) is 10.2 Å². The molecule has 0 aliphatic heterocycles. The quantitative estimate of drug-likeness (QED) is 0.561. The number of amides is 2. The van der Waals surface area contributed by atoms with Gasteiger partial charge in [-0.05, 0) is 31.7 Å². The summed E-state index contributed by atoms with van der Waals surface area (Å²) in [6.07, 6.45) is -1.14. The number of alkyl carbamates (subject to hydrolysis) is 1. The Balaban J connectivity index is 3.00. The third-order valence-electron chi connectivity index (χ3n) is 4.77. The van der Waals surface area contributed by atoms with Gasteiger partial charge in [0.05, 0.1) is 12.0 Å². The molecular weight excluding hydrogens is 424 g/mol. The van der Waals surface area contributed by atoms with Crippen LogP contribution in [0.4, 0.5) is 4.79 Å². The Morgan fingerprint density at radius 2 is 1.52 bits per heavy atom. The van der Waals surface area contributed by atoms with Crippen LogP contribution in [-0.4, -0.2) is 54.4 Å². The lowest BCUT2D eigenvalue weighted by molar-refractivity contribution is -0.154. The molecule has 0 radical (unpaired) electrons. The topological polar surface area (TPSA) is 102 Å². The van der Waals surface area contributed by atoms with E-state index in [-0.39, 0.29) is 31.1 Å². The molecule has 2 unspecified atom stereocenters. The highest BCUT2D eigenvalue weighted by molar-refractivity contribution is 5.92. The smallest absolute Gasteiger partial charge is 0.408 e. The standard InChI is InChI=1S/C25H38N2O6/c1-24(2,3)21(26-23(31)33-25(4,5)6)19(28)14-18(15-20(29)27(7)8)22(30)32-16-17-12-10-9-11-13-17/h9-13,18,21H,14-16H2,1-8H3,(H,26,31). The summed E-state index contributed by atoms with van der Waals surface area (Å²) in [5.74, 6) is -2.27. The molecular formula is C25H38N2O6. The molecule has 1 aromatic carbocycles. The second kappa shape index (κ2) is 11.8. The van der Waals surface area contributed by atoms with Gasteiger partial charge in [0.15, 0.2) is 5.78 Å². The fourth-order valence-electron chi connectivity index (χ4n) is 3.04. The van der Waals surface area contributed by atoms with Crippen molar-refractivity contribution >= 4 is 23.8 Å². The number of carbonyl (C=O) groups excluding carboxylic acids is 4. The molecule has 33 heavy (non-hydrogen) atoms. The van der Waals surface area contributed by atoms with Gasteiger partial charge in [0.25, 0.3) is 0 Å². The first-order chi connectivity index (χ1) is 15.1. The summed E-state index contributed by atoms with van der Waals surface area (Å²) < 4.78 is 10.7. The fourth-order valence-corrected chi connectivity index (χ4v) is 3.04. The predicted molar refractivity (Wildman–Crippen MR) is 125 cm³/mol. The first-order valence-electron chi connectivity index (χ1n) is 11.0. The predicted octanol–water partition coefficient (Wildman–Crippen LogP) is 3.72. The Hall–Kier alpha value is -2.90. The van der Waals surface area contributed by atoms with E-state index >= 15 is 0 Å². The fraction of sp³-hybridized carbons (Fsp3) is 0.600. The van der Waals surface area contributed by atoms with Crippen molar-refractivity contribution in [3.63, 3.8) is 0 Å². The Bertz CT molecular complexity index is 822. The third-order valence-corrected chi connectivity index (χ3v) is 4.77. The van der Waals surface area contributed by atoms with Crippen LogP contribution >= 0.6 is 0 Å². The number of benzene rings is 1. The minimum Gasteiger partial charge on any atom is -0.461 e. The van der Waals surface area contributed by atoms with Crippen molar-refractivity contribution in [2.24, 2.45) is 11.3 Å². The number of ether oxygens (including phenoxy) is 2. The van der Waals surface area contributed by atoms with Gasteiger partial charge >= 0.3 is 12.1 Å².